The lowest BCUT2D eigenvalue weighted by Gasteiger charge is -2.29. The Kier molecular flexibility index (Phi) is 7.25. The van der Waals surface area contributed by atoms with E-state index >= 15 is 0 Å². The number of carboxylic acids is 2. The molecule has 8 nitrogen and oxygen atoms in total. The molecule has 3 atom stereocenters. The highest BCUT2D eigenvalue weighted by molar-refractivity contribution is 5.86. The average Bonchev–Trinajstić information content (AvgIpc) is 3.19. The molecule has 0 aliphatic carbocycles. The quantitative estimate of drug-likeness (QED) is 0.484. The molecule has 31 heavy (non-hydrogen) atoms. The third kappa shape index (κ3) is 5.40. The lowest BCUT2D eigenvalue weighted by atomic mass is 10.0. The van der Waals surface area contributed by atoms with Crippen molar-refractivity contribution in [1.29, 1.82) is 0 Å². The van der Waals surface area contributed by atoms with E-state index in [0.717, 1.165) is 5.56 Å². The van der Waals surface area contributed by atoms with Crippen molar-refractivity contribution in [3.63, 3.8) is 0 Å². The molecule has 1 amide bonds. The minimum Gasteiger partial charge on any atom is -0.508 e. The summed E-state index contributed by atoms with van der Waals surface area (Å²) in [5, 5.41) is 32.0. The van der Waals surface area contributed by atoms with Crippen molar-refractivity contribution in [3.8, 4) is 5.75 Å². The number of hydrogen-bond acceptors (Lipinski definition) is 5. The Hall–Kier alpha value is -3.39. The number of likely N-dealkylation sites (tertiary alicyclic amines) is 1. The predicted molar refractivity (Wildman–Crippen MR) is 113 cm³/mol. The molecule has 2 aromatic carbocycles. The lowest BCUT2D eigenvalue weighted by Crippen LogP contribution is -2.48. The molecule has 1 aliphatic heterocycles. The maximum absolute atomic E-state index is 13.0. The molecule has 0 saturated carbocycles. The monoisotopic (exact) mass is 426 g/mol. The Morgan fingerprint density at radius 2 is 1.68 bits per heavy atom. The fourth-order valence-electron chi connectivity index (χ4n) is 4.05. The molecular weight excluding hydrogens is 400 g/mol. The van der Waals surface area contributed by atoms with E-state index < -0.39 is 36.0 Å². The molecule has 0 aromatic heterocycles. The summed E-state index contributed by atoms with van der Waals surface area (Å²) < 4.78 is 0. The van der Waals surface area contributed by atoms with Gasteiger partial charge in [0.15, 0.2) is 0 Å². The summed E-state index contributed by atoms with van der Waals surface area (Å²) in [6, 6.07) is 13.4. The van der Waals surface area contributed by atoms with E-state index in [1.54, 1.807) is 18.2 Å². The number of amides is 1. The fourth-order valence-corrected chi connectivity index (χ4v) is 4.05. The van der Waals surface area contributed by atoms with Crippen LogP contribution in [0.4, 0.5) is 0 Å². The molecule has 3 unspecified atom stereocenters. The zero-order chi connectivity index (χ0) is 22.4. The Balaban J connectivity index is 1.69. The molecule has 3 rings (SSSR count). The van der Waals surface area contributed by atoms with Crippen LogP contribution in [0.3, 0.4) is 0 Å². The predicted octanol–water partition coefficient (Wildman–Crippen LogP) is 2.18. The van der Waals surface area contributed by atoms with Crippen LogP contribution in [0, 0.1) is 0 Å². The number of rotatable bonds is 9. The minimum absolute atomic E-state index is 0.00410. The van der Waals surface area contributed by atoms with E-state index in [-0.39, 0.29) is 25.1 Å². The van der Waals surface area contributed by atoms with Crippen LogP contribution in [0.5, 0.6) is 5.75 Å². The van der Waals surface area contributed by atoms with Gasteiger partial charge in [-0.2, -0.15) is 0 Å². The Morgan fingerprint density at radius 3 is 2.32 bits per heavy atom. The first-order valence-corrected chi connectivity index (χ1v) is 10.2. The normalized spacial score (nSPS) is 19.2. The molecular formula is C23H26N2O6. The van der Waals surface area contributed by atoms with Crippen LogP contribution in [0.1, 0.15) is 36.4 Å². The maximum Gasteiger partial charge on any atom is 0.326 e. The van der Waals surface area contributed by atoms with Gasteiger partial charge < -0.3 is 20.2 Å². The van der Waals surface area contributed by atoms with Crippen LogP contribution in [0.2, 0.25) is 0 Å². The van der Waals surface area contributed by atoms with Gasteiger partial charge in [0.1, 0.15) is 17.8 Å². The second kappa shape index (κ2) is 10.1. The summed E-state index contributed by atoms with van der Waals surface area (Å²) in [4.78, 5) is 37.6. The molecule has 1 fully saturated rings. The zero-order valence-electron chi connectivity index (χ0n) is 17.0. The van der Waals surface area contributed by atoms with Crippen LogP contribution in [-0.4, -0.2) is 56.7 Å². The molecule has 2 aromatic rings. The van der Waals surface area contributed by atoms with E-state index in [1.165, 1.54) is 11.0 Å². The van der Waals surface area contributed by atoms with E-state index in [1.807, 2.05) is 30.3 Å². The summed E-state index contributed by atoms with van der Waals surface area (Å²) in [7, 11) is 0. The molecule has 4 N–H and O–H groups in total. The van der Waals surface area contributed by atoms with Gasteiger partial charge in [0.25, 0.3) is 0 Å². The molecule has 0 spiro atoms. The minimum atomic E-state index is -1.12. The van der Waals surface area contributed by atoms with Crippen molar-refractivity contribution in [2.45, 2.75) is 43.8 Å². The van der Waals surface area contributed by atoms with Gasteiger partial charge >= 0.3 is 11.9 Å². The van der Waals surface area contributed by atoms with Gasteiger partial charge in [0, 0.05) is 5.56 Å². The first-order chi connectivity index (χ1) is 14.9. The number of phenols is 1. The number of nitrogens with one attached hydrogen (secondary N) is 1. The summed E-state index contributed by atoms with van der Waals surface area (Å²) in [5.74, 6) is -2.71. The van der Waals surface area contributed by atoms with Crippen molar-refractivity contribution >= 4 is 17.8 Å². The van der Waals surface area contributed by atoms with Crippen molar-refractivity contribution in [1.82, 2.24) is 10.2 Å². The molecule has 0 bridgehead atoms. The van der Waals surface area contributed by atoms with Crippen LogP contribution >= 0.6 is 0 Å². The van der Waals surface area contributed by atoms with E-state index in [4.69, 9.17) is 0 Å². The van der Waals surface area contributed by atoms with Gasteiger partial charge in [0.2, 0.25) is 5.91 Å². The van der Waals surface area contributed by atoms with Gasteiger partial charge in [-0.25, -0.2) is 4.79 Å². The summed E-state index contributed by atoms with van der Waals surface area (Å²) in [5.41, 5.74) is 1.48. The number of benzene rings is 2. The SMILES string of the molecule is O=C(O)C(CCc1ccccc1)NCC(=O)N1C(C(=O)O)CCC1c1ccccc1O. The molecule has 1 saturated heterocycles. The van der Waals surface area contributed by atoms with Gasteiger partial charge in [-0.1, -0.05) is 48.5 Å². The van der Waals surface area contributed by atoms with E-state index in [9.17, 15) is 29.7 Å². The third-order valence-electron chi connectivity index (χ3n) is 5.62. The van der Waals surface area contributed by atoms with Crippen LogP contribution in [0.15, 0.2) is 54.6 Å². The first-order valence-electron chi connectivity index (χ1n) is 10.2. The highest BCUT2D eigenvalue weighted by Crippen LogP contribution is 2.39. The zero-order valence-corrected chi connectivity index (χ0v) is 17.0. The van der Waals surface area contributed by atoms with Gasteiger partial charge in [-0.15, -0.1) is 0 Å². The van der Waals surface area contributed by atoms with Gasteiger partial charge in [-0.05, 0) is 37.3 Å². The number of carboxylic acid groups (broad SMARTS) is 2. The molecule has 1 heterocycles. The Morgan fingerprint density at radius 1 is 1.00 bits per heavy atom. The van der Waals surface area contributed by atoms with Crippen LogP contribution in [-0.2, 0) is 20.8 Å². The van der Waals surface area contributed by atoms with Crippen LogP contribution in [0.25, 0.3) is 0 Å². The van der Waals surface area contributed by atoms with Crippen molar-refractivity contribution in [2.24, 2.45) is 0 Å². The highest BCUT2D eigenvalue weighted by Gasteiger charge is 2.42. The number of aliphatic carboxylic acids is 2. The van der Waals surface area contributed by atoms with Crippen molar-refractivity contribution in [3.05, 3.63) is 65.7 Å². The maximum atomic E-state index is 13.0. The molecule has 1 aliphatic rings. The number of hydrogen-bond donors (Lipinski definition) is 4. The lowest BCUT2D eigenvalue weighted by molar-refractivity contribution is -0.149. The number of aromatic hydroxyl groups is 1. The smallest absolute Gasteiger partial charge is 0.326 e. The number of carbonyl (C=O) groups excluding carboxylic acids is 1. The largest absolute Gasteiger partial charge is 0.508 e. The Labute approximate surface area is 180 Å². The fraction of sp³-hybridized carbons (Fsp3) is 0.348. The topological polar surface area (TPSA) is 127 Å². The number of carbonyl (C=O) groups is 3. The molecule has 8 heteroatoms. The summed E-state index contributed by atoms with van der Waals surface area (Å²) in [6.07, 6.45) is 1.48. The first kappa shape index (κ1) is 22.3. The second-order valence-electron chi connectivity index (χ2n) is 7.60. The van der Waals surface area contributed by atoms with Gasteiger partial charge in [-0.3, -0.25) is 14.9 Å². The standard InChI is InChI=1S/C23H26N2O6/c26-20-9-5-4-8-16(20)18-12-13-19(23(30)31)25(18)21(27)14-24-17(22(28)29)11-10-15-6-2-1-3-7-15/h1-9,17-19,24,26H,10-14H2,(H,28,29)(H,30,31). The third-order valence-corrected chi connectivity index (χ3v) is 5.62. The number of aryl methyl sites for hydroxylation is 1. The highest BCUT2D eigenvalue weighted by atomic mass is 16.4. The van der Waals surface area contributed by atoms with Crippen molar-refractivity contribution < 1.29 is 29.7 Å². The summed E-state index contributed by atoms with van der Waals surface area (Å²) in [6.45, 7) is -0.306. The second-order valence-corrected chi connectivity index (χ2v) is 7.60. The Bertz CT molecular complexity index is 933. The number of nitrogens with zero attached hydrogens (tertiary/aromatic N) is 1. The van der Waals surface area contributed by atoms with Crippen molar-refractivity contribution in [2.75, 3.05) is 6.54 Å². The molecule has 164 valence electrons. The average molecular weight is 426 g/mol. The molecule has 0 radical (unpaired) electrons. The van der Waals surface area contributed by atoms with Crippen LogP contribution < -0.4 is 5.32 Å². The number of para-hydroxylation sites is 1. The van der Waals surface area contributed by atoms with E-state index in [0.29, 0.717) is 18.4 Å². The number of phenolic OH excluding ortho intramolecular Hbond substituents is 1. The summed E-state index contributed by atoms with van der Waals surface area (Å²) >= 11 is 0. The van der Waals surface area contributed by atoms with E-state index in [2.05, 4.69) is 5.32 Å². The van der Waals surface area contributed by atoms with Gasteiger partial charge in [0.05, 0.1) is 12.6 Å².